The third-order valence-electron chi connectivity index (χ3n) is 3.40. The number of hydrogen-bond acceptors (Lipinski definition) is 5. The molecule has 0 aliphatic heterocycles. The molecular weight excluding hydrogens is 342 g/mol. The summed E-state index contributed by atoms with van der Waals surface area (Å²) < 4.78 is 0. The second-order valence-electron chi connectivity index (χ2n) is 4.99. The maximum absolute atomic E-state index is 12.5. The predicted octanol–water partition coefficient (Wildman–Crippen LogP) is 4.63. The van der Waals surface area contributed by atoms with Gasteiger partial charge in [0.05, 0.1) is 10.6 Å². The summed E-state index contributed by atoms with van der Waals surface area (Å²) in [5, 5.41) is 13.5. The number of rotatable bonds is 3. The SMILES string of the molecule is N#Cc1c(Nc2ccccc2)sc(-c2ccc(Cl)cc2)c(N)c1=O. The van der Waals surface area contributed by atoms with E-state index in [0.717, 1.165) is 11.3 Å². The van der Waals surface area contributed by atoms with Crippen LogP contribution in [0.4, 0.5) is 16.4 Å². The van der Waals surface area contributed by atoms with Crippen molar-refractivity contribution in [2.24, 2.45) is 0 Å². The molecule has 0 atom stereocenters. The molecule has 2 aromatic carbocycles. The maximum Gasteiger partial charge on any atom is 0.223 e. The Morgan fingerprint density at radius 2 is 1.75 bits per heavy atom. The smallest absolute Gasteiger partial charge is 0.223 e. The molecule has 0 saturated carbocycles. The maximum atomic E-state index is 12.5. The highest BCUT2D eigenvalue weighted by Gasteiger charge is 2.17. The van der Waals surface area contributed by atoms with Gasteiger partial charge in [0.1, 0.15) is 16.6 Å². The zero-order chi connectivity index (χ0) is 17.1. The molecule has 0 saturated heterocycles. The van der Waals surface area contributed by atoms with Crippen LogP contribution in [0.5, 0.6) is 0 Å². The highest BCUT2D eigenvalue weighted by atomic mass is 35.5. The van der Waals surface area contributed by atoms with Crippen molar-refractivity contribution in [3.8, 4) is 16.5 Å². The second-order valence-corrected chi connectivity index (χ2v) is 6.44. The van der Waals surface area contributed by atoms with Crippen molar-refractivity contribution >= 4 is 39.3 Å². The van der Waals surface area contributed by atoms with Crippen LogP contribution in [0, 0.1) is 11.3 Å². The fraction of sp³-hybridized carbons (Fsp3) is 0. The highest BCUT2D eigenvalue weighted by Crippen LogP contribution is 2.36. The lowest BCUT2D eigenvalue weighted by Gasteiger charge is -2.11. The van der Waals surface area contributed by atoms with E-state index in [0.29, 0.717) is 14.9 Å². The lowest BCUT2D eigenvalue weighted by Crippen LogP contribution is -2.14. The van der Waals surface area contributed by atoms with Crippen molar-refractivity contribution in [3.63, 3.8) is 0 Å². The minimum atomic E-state index is -0.473. The molecule has 1 heterocycles. The van der Waals surface area contributed by atoms with Crippen molar-refractivity contribution in [2.45, 2.75) is 0 Å². The Bertz CT molecular complexity index is 976. The van der Waals surface area contributed by atoms with Crippen LogP contribution in [0.25, 0.3) is 10.4 Å². The summed E-state index contributed by atoms with van der Waals surface area (Å²) in [5.41, 5.74) is 7.15. The minimum absolute atomic E-state index is 0.0130. The van der Waals surface area contributed by atoms with E-state index in [1.165, 1.54) is 11.3 Å². The summed E-state index contributed by atoms with van der Waals surface area (Å²) in [5.74, 6) is 0. The van der Waals surface area contributed by atoms with Gasteiger partial charge in [-0.05, 0) is 29.8 Å². The molecule has 118 valence electrons. The molecule has 0 unspecified atom stereocenters. The van der Waals surface area contributed by atoms with Gasteiger partial charge in [-0.15, -0.1) is 11.3 Å². The zero-order valence-corrected chi connectivity index (χ0v) is 14.0. The Balaban J connectivity index is 2.16. The number of nitrogens with one attached hydrogen (secondary N) is 1. The predicted molar refractivity (Wildman–Crippen MR) is 99.9 cm³/mol. The van der Waals surface area contributed by atoms with Gasteiger partial charge in [0.2, 0.25) is 5.43 Å². The van der Waals surface area contributed by atoms with E-state index < -0.39 is 5.43 Å². The lowest BCUT2D eigenvalue weighted by molar-refractivity contribution is 1.45. The van der Waals surface area contributed by atoms with E-state index in [4.69, 9.17) is 17.3 Å². The molecule has 0 aliphatic rings. The van der Waals surface area contributed by atoms with E-state index in [1.54, 1.807) is 24.3 Å². The number of nitrogens with zero attached hydrogens (tertiary/aromatic N) is 1. The summed E-state index contributed by atoms with van der Waals surface area (Å²) >= 11 is 7.18. The molecule has 24 heavy (non-hydrogen) atoms. The molecule has 0 bridgehead atoms. The number of hydrogen-bond donors (Lipinski definition) is 2. The Hall–Kier alpha value is -2.81. The van der Waals surface area contributed by atoms with Gasteiger partial charge in [-0.1, -0.05) is 41.9 Å². The Labute approximate surface area is 147 Å². The first kappa shape index (κ1) is 16.1. The molecule has 4 nitrogen and oxygen atoms in total. The topological polar surface area (TPSA) is 78.9 Å². The van der Waals surface area contributed by atoms with Gasteiger partial charge in [-0.3, -0.25) is 4.79 Å². The molecular formula is C18H12ClN3OS. The third kappa shape index (κ3) is 3.11. The van der Waals surface area contributed by atoms with Gasteiger partial charge < -0.3 is 11.1 Å². The summed E-state index contributed by atoms with van der Waals surface area (Å²) in [7, 11) is 0. The Kier molecular flexibility index (Phi) is 4.52. The molecule has 6 heteroatoms. The molecule has 3 rings (SSSR count). The summed E-state index contributed by atoms with van der Waals surface area (Å²) in [4.78, 5) is 13.1. The molecule has 0 aliphatic carbocycles. The van der Waals surface area contributed by atoms with E-state index in [2.05, 4.69) is 5.32 Å². The van der Waals surface area contributed by atoms with Gasteiger partial charge in [0, 0.05) is 10.7 Å². The van der Waals surface area contributed by atoms with Crippen LogP contribution in [0.3, 0.4) is 0 Å². The van der Waals surface area contributed by atoms with Crippen molar-refractivity contribution < 1.29 is 0 Å². The lowest BCUT2D eigenvalue weighted by atomic mass is 10.1. The molecule has 0 radical (unpaired) electrons. The van der Waals surface area contributed by atoms with Crippen molar-refractivity contribution in [1.82, 2.24) is 0 Å². The van der Waals surface area contributed by atoms with Gasteiger partial charge in [0.25, 0.3) is 0 Å². The standard InChI is InChI=1S/C18H12ClN3OS/c19-12-8-6-11(7-9-12)17-15(21)16(23)14(10-20)18(24-17)22-13-4-2-1-3-5-13/h1-9,22H,21H2. The monoisotopic (exact) mass is 353 g/mol. The number of nitrogens with two attached hydrogens (primary N) is 1. The number of halogens is 1. The minimum Gasteiger partial charge on any atom is -0.394 e. The van der Waals surface area contributed by atoms with E-state index in [-0.39, 0.29) is 11.3 Å². The van der Waals surface area contributed by atoms with Crippen LogP contribution >= 0.6 is 22.9 Å². The molecule has 0 amide bonds. The van der Waals surface area contributed by atoms with E-state index >= 15 is 0 Å². The molecule has 1 aromatic heterocycles. The molecule has 0 spiro atoms. The quantitative estimate of drug-likeness (QED) is 0.719. The molecule has 0 fully saturated rings. The number of para-hydroxylation sites is 1. The normalized spacial score (nSPS) is 10.2. The average Bonchev–Trinajstić information content (AvgIpc) is 2.60. The number of anilines is 3. The Morgan fingerprint density at radius 3 is 2.38 bits per heavy atom. The first-order chi connectivity index (χ1) is 11.6. The summed E-state index contributed by atoms with van der Waals surface area (Å²) in [6, 6.07) is 18.3. The number of nitrogen functional groups attached to an aromatic ring is 1. The van der Waals surface area contributed by atoms with E-state index in [9.17, 15) is 10.1 Å². The largest absolute Gasteiger partial charge is 0.394 e. The zero-order valence-electron chi connectivity index (χ0n) is 12.4. The summed E-state index contributed by atoms with van der Waals surface area (Å²) in [6.45, 7) is 0. The van der Waals surface area contributed by atoms with Crippen LogP contribution in [0.1, 0.15) is 5.56 Å². The average molecular weight is 354 g/mol. The van der Waals surface area contributed by atoms with Crippen LogP contribution in [0.15, 0.2) is 59.4 Å². The van der Waals surface area contributed by atoms with Gasteiger partial charge in [0.15, 0.2) is 0 Å². The molecule has 3 N–H and O–H groups in total. The van der Waals surface area contributed by atoms with Crippen molar-refractivity contribution in [2.75, 3.05) is 11.1 Å². The number of benzene rings is 2. The van der Waals surface area contributed by atoms with Gasteiger partial charge in [-0.2, -0.15) is 5.26 Å². The number of nitriles is 1. The Morgan fingerprint density at radius 1 is 1.08 bits per heavy atom. The van der Waals surface area contributed by atoms with Crippen molar-refractivity contribution in [1.29, 1.82) is 5.26 Å². The fourth-order valence-electron chi connectivity index (χ4n) is 2.21. The fourth-order valence-corrected chi connectivity index (χ4v) is 3.40. The van der Waals surface area contributed by atoms with Crippen LogP contribution in [-0.4, -0.2) is 0 Å². The summed E-state index contributed by atoms with van der Waals surface area (Å²) in [6.07, 6.45) is 0. The van der Waals surface area contributed by atoms with Crippen LogP contribution < -0.4 is 16.5 Å². The third-order valence-corrected chi connectivity index (χ3v) is 4.82. The van der Waals surface area contributed by atoms with Gasteiger partial charge in [-0.25, -0.2) is 0 Å². The van der Waals surface area contributed by atoms with Crippen molar-refractivity contribution in [3.05, 3.63) is 75.4 Å². The molecule has 3 aromatic rings. The van der Waals surface area contributed by atoms with Gasteiger partial charge >= 0.3 is 0 Å². The first-order valence-corrected chi connectivity index (χ1v) is 8.24. The van der Waals surface area contributed by atoms with Crippen LogP contribution in [0.2, 0.25) is 5.02 Å². The first-order valence-electron chi connectivity index (χ1n) is 7.05. The van der Waals surface area contributed by atoms with Crippen LogP contribution in [-0.2, 0) is 0 Å². The van der Waals surface area contributed by atoms with E-state index in [1.807, 2.05) is 36.4 Å². The highest BCUT2D eigenvalue weighted by molar-refractivity contribution is 7.19. The second kappa shape index (κ2) is 6.75.